The summed E-state index contributed by atoms with van der Waals surface area (Å²) in [6.45, 7) is 0. The molecular weight excluding hydrogens is 152 g/mol. The Morgan fingerprint density at radius 2 is 1.17 bits per heavy atom. The molecule has 0 N–H and O–H groups in total. The van der Waals surface area contributed by atoms with Crippen molar-refractivity contribution in [3.05, 3.63) is 24.3 Å². The lowest BCUT2D eigenvalue weighted by atomic mass is 10.1. The minimum absolute atomic E-state index is 0.948. The molecule has 0 saturated carbocycles. The first-order valence-electron chi connectivity index (χ1n) is 3.89. The van der Waals surface area contributed by atoms with E-state index in [0.29, 0.717) is 0 Å². The molecule has 0 saturated heterocycles. The maximum atomic E-state index is 5.31. The third-order valence-electron chi connectivity index (χ3n) is 2.36. The van der Waals surface area contributed by atoms with Crippen molar-refractivity contribution in [2.24, 2.45) is 0 Å². The smallest absolute Gasteiger partial charge is 0.217 e. The molecule has 4 rings (SSSR count). The summed E-state index contributed by atoms with van der Waals surface area (Å²) >= 11 is 0. The molecule has 0 aliphatic heterocycles. The predicted octanol–water partition coefficient (Wildman–Crippen LogP) is 3.21. The van der Waals surface area contributed by atoms with Gasteiger partial charge in [0.05, 0.1) is 0 Å². The molecule has 12 heavy (non-hydrogen) atoms. The Kier molecular flexibility index (Phi) is 0.541. The molecule has 2 heteroatoms. The van der Waals surface area contributed by atoms with Crippen LogP contribution >= 0.6 is 0 Å². The van der Waals surface area contributed by atoms with Crippen LogP contribution in [0.25, 0.3) is 33.1 Å². The van der Waals surface area contributed by atoms with Crippen molar-refractivity contribution >= 4 is 33.1 Å². The van der Waals surface area contributed by atoms with Gasteiger partial charge in [-0.3, -0.25) is 0 Å². The van der Waals surface area contributed by atoms with Gasteiger partial charge < -0.3 is 8.83 Å². The Hall–Kier alpha value is -1.70. The van der Waals surface area contributed by atoms with E-state index in [9.17, 15) is 0 Å². The molecule has 4 aromatic rings. The zero-order valence-electron chi connectivity index (χ0n) is 6.13. The first-order valence-corrected chi connectivity index (χ1v) is 3.89. The fourth-order valence-corrected chi connectivity index (χ4v) is 1.69. The van der Waals surface area contributed by atoms with Crippen LogP contribution in [-0.4, -0.2) is 0 Å². The SMILES string of the molecule is c1ccc2c(c1)c1oc1c1oc21. The summed E-state index contributed by atoms with van der Waals surface area (Å²) < 4.78 is 10.6. The molecule has 0 bridgehead atoms. The van der Waals surface area contributed by atoms with Crippen LogP contribution in [-0.2, 0) is 0 Å². The molecule has 0 aliphatic rings. The van der Waals surface area contributed by atoms with Gasteiger partial charge in [-0.1, -0.05) is 24.3 Å². The molecule has 2 aromatic carbocycles. The highest BCUT2D eigenvalue weighted by molar-refractivity contribution is 6.24. The molecule has 2 aromatic heterocycles. The standard InChI is InChI=1S/C10H4O2/c1-2-4-6-5(3-1)7-9(11-7)10-8(6)12-10/h1-4H. The van der Waals surface area contributed by atoms with Crippen molar-refractivity contribution in [1.29, 1.82) is 0 Å². The zero-order chi connectivity index (χ0) is 7.71. The van der Waals surface area contributed by atoms with Crippen LogP contribution in [0.1, 0.15) is 0 Å². The van der Waals surface area contributed by atoms with Crippen LogP contribution in [0.15, 0.2) is 33.1 Å². The average Bonchev–Trinajstić information content (AvgIpc) is 2.98. The second-order valence-electron chi connectivity index (χ2n) is 3.07. The Labute approximate surface area is 67.0 Å². The highest BCUT2D eigenvalue weighted by atomic mass is 16.4. The van der Waals surface area contributed by atoms with Crippen molar-refractivity contribution in [2.45, 2.75) is 0 Å². The minimum atomic E-state index is 0.948. The normalized spacial score (nSPS) is 13.0. The van der Waals surface area contributed by atoms with Crippen LogP contribution in [0.2, 0.25) is 0 Å². The second kappa shape index (κ2) is 1.29. The Bertz CT molecular complexity index is 597. The lowest BCUT2D eigenvalue weighted by molar-refractivity contribution is 0.734. The lowest BCUT2D eigenvalue weighted by Gasteiger charge is -1.85. The third-order valence-corrected chi connectivity index (χ3v) is 2.36. The monoisotopic (exact) mass is 156 g/mol. The van der Waals surface area contributed by atoms with Gasteiger partial charge in [0.25, 0.3) is 0 Å². The largest absolute Gasteiger partial charge is 0.445 e. The highest BCUT2D eigenvalue weighted by Crippen LogP contribution is 2.45. The summed E-state index contributed by atoms with van der Waals surface area (Å²) in [5, 5.41) is 2.34. The predicted molar refractivity (Wildman–Crippen MR) is 45.9 cm³/mol. The van der Waals surface area contributed by atoms with Gasteiger partial charge in [0, 0.05) is 10.8 Å². The fraction of sp³-hybridized carbons (Fsp3) is 0. The Morgan fingerprint density at radius 3 is 1.67 bits per heavy atom. The topological polar surface area (TPSA) is 26.3 Å². The van der Waals surface area contributed by atoms with Crippen LogP contribution in [0.4, 0.5) is 0 Å². The average molecular weight is 156 g/mol. The van der Waals surface area contributed by atoms with Crippen LogP contribution in [0, 0.1) is 0 Å². The molecule has 0 amide bonds. The number of rotatable bonds is 0. The molecule has 0 radical (unpaired) electrons. The van der Waals surface area contributed by atoms with E-state index >= 15 is 0 Å². The van der Waals surface area contributed by atoms with E-state index in [1.165, 1.54) is 10.8 Å². The van der Waals surface area contributed by atoms with Crippen molar-refractivity contribution in [3.8, 4) is 0 Å². The molecule has 56 valence electrons. The van der Waals surface area contributed by atoms with E-state index < -0.39 is 0 Å². The molecule has 0 spiro atoms. The Morgan fingerprint density at radius 1 is 0.667 bits per heavy atom. The second-order valence-corrected chi connectivity index (χ2v) is 3.07. The molecule has 0 atom stereocenters. The van der Waals surface area contributed by atoms with Gasteiger partial charge >= 0.3 is 0 Å². The molecular formula is C10H4O2. The maximum Gasteiger partial charge on any atom is 0.217 e. The van der Waals surface area contributed by atoms with E-state index in [4.69, 9.17) is 8.83 Å². The van der Waals surface area contributed by atoms with Gasteiger partial charge in [-0.05, 0) is 0 Å². The number of benzene rings is 2. The Balaban J connectivity index is 2.50. The van der Waals surface area contributed by atoms with Crippen molar-refractivity contribution in [1.82, 2.24) is 0 Å². The summed E-state index contributed by atoms with van der Waals surface area (Å²) in [6, 6.07) is 8.14. The van der Waals surface area contributed by atoms with Gasteiger partial charge in [-0.15, -0.1) is 0 Å². The quantitative estimate of drug-likeness (QED) is 0.390. The van der Waals surface area contributed by atoms with Gasteiger partial charge in [-0.2, -0.15) is 0 Å². The molecule has 0 unspecified atom stereocenters. The third kappa shape index (κ3) is 0.399. The molecule has 0 fully saturated rings. The number of hydrogen-bond acceptors (Lipinski definition) is 2. The van der Waals surface area contributed by atoms with E-state index in [2.05, 4.69) is 12.1 Å². The number of hydrogen-bond donors (Lipinski definition) is 0. The van der Waals surface area contributed by atoms with Gasteiger partial charge in [0.1, 0.15) is 0 Å². The molecule has 0 aliphatic carbocycles. The maximum absolute atomic E-state index is 5.31. The summed E-state index contributed by atoms with van der Waals surface area (Å²) in [5.74, 6) is 0. The van der Waals surface area contributed by atoms with Crippen molar-refractivity contribution in [3.63, 3.8) is 0 Å². The number of fused-ring (bicyclic) bond motifs is 6. The first kappa shape index (κ1) is 5.04. The summed E-state index contributed by atoms with van der Waals surface area (Å²) in [5.41, 5.74) is 3.90. The van der Waals surface area contributed by atoms with E-state index in [-0.39, 0.29) is 0 Å². The van der Waals surface area contributed by atoms with Crippen LogP contribution < -0.4 is 0 Å². The van der Waals surface area contributed by atoms with E-state index in [1.807, 2.05) is 12.1 Å². The van der Waals surface area contributed by atoms with E-state index in [0.717, 1.165) is 22.3 Å². The first-order chi connectivity index (χ1) is 5.95. The summed E-state index contributed by atoms with van der Waals surface area (Å²) in [7, 11) is 0. The van der Waals surface area contributed by atoms with Crippen LogP contribution in [0.5, 0.6) is 0 Å². The van der Waals surface area contributed by atoms with Gasteiger partial charge in [-0.25, -0.2) is 0 Å². The molecule has 2 heterocycles. The van der Waals surface area contributed by atoms with Crippen LogP contribution in [0.3, 0.4) is 0 Å². The van der Waals surface area contributed by atoms with E-state index in [1.54, 1.807) is 0 Å². The lowest BCUT2D eigenvalue weighted by Crippen LogP contribution is -1.63. The highest BCUT2D eigenvalue weighted by Gasteiger charge is 2.25. The van der Waals surface area contributed by atoms with Crippen molar-refractivity contribution in [2.75, 3.05) is 0 Å². The molecule has 2 nitrogen and oxygen atoms in total. The fourth-order valence-electron chi connectivity index (χ4n) is 1.69. The van der Waals surface area contributed by atoms with Gasteiger partial charge in [0.15, 0.2) is 11.2 Å². The zero-order valence-corrected chi connectivity index (χ0v) is 6.13. The summed E-state index contributed by atoms with van der Waals surface area (Å²) in [4.78, 5) is 0. The van der Waals surface area contributed by atoms with Crippen molar-refractivity contribution < 1.29 is 8.83 Å². The van der Waals surface area contributed by atoms with Gasteiger partial charge in [0.2, 0.25) is 11.2 Å². The summed E-state index contributed by atoms with van der Waals surface area (Å²) in [6.07, 6.45) is 0. The minimum Gasteiger partial charge on any atom is -0.445 e.